The topological polar surface area (TPSA) is 87.7 Å². The Kier molecular flexibility index (Phi) is 6.79. The maximum absolute atomic E-state index is 13.8. The molecule has 200 valence electrons. The Hall–Kier alpha value is -3.11. The zero-order valence-corrected chi connectivity index (χ0v) is 23.6. The van der Waals surface area contributed by atoms with Crippen LogP contribution in [-0.4, -0.2) is 41.6 Å². The van der Waals surface area contributed by atoms with Gasteiger partial charge >= 0.3 is 0 Å². The molecule has 4 aromatic rings. The van der Waals surface area contributed by atoms with E-state index in [1.165, 1.54) is 34.1 Å². The van der Waals surface area contributed by atoms with Crippen LogP contribution in [0.1, 0.15) is 37.7 Å². The Labute approximate surface area is 236 Å². The molecule has 3 aromatic carbocycles. The van der Waals surface area contributed by atoms with Crippen molar-refractivity contribution < 1.29 is 18.0 Å². The number of anilines is 1. The number of halogens is 1. The number of aromatic nitrogens is 1. The molecule has 6 rings (SSSR count). The van der Waals surface area contributed by atoms with Crippen molar-refractivity contribution in [3.05, 3.63) is 77.3 Å². The van der Waals surface area contributed by atoms with Crippen LogP contribution in [0, 0.1) is 6.92 Å². The fourth-order valence-electron chi connectivity index (χ4n) is 5.50. The van der Waals surface area contributed by atoms with Gasteiger partial charge in [0.1, 0.15) is 11.0 Å². The van der Waals surface area contributed by atoms with Crippen LogP contribution in [0.3, 0.4) is 0 Å². The van der Waals surface area contributed by atoms with E-state index in [0.717, 1.165) is 38.5 Å². The molecule has 1 saturated carbocycles. The standard InChI is InChI=1S/C29H26ClN3O4S2/c1-18-6-15-24-26(16-18)38-28(31-24)19-7-11-21(12-8-19)32-27(34)17-25(29(32)35)33(22-4-2-3-5-22)39(36,37)23-13-9-20(30)10-14-23/h6-16,22,25H,2-5,17H2,1H3. The van der Waals surface area contributed by atoms with Gasteiger partial charge in [-0.15, -0.1) is 11.3 Å². The van der Waals surface area contributed by atoms with Crippen molar-refractivity contribution in [3.63, 3.8) is 0 Å². The fraction of sp³-hybridized carbons (Fsp3) is 0.276. The lowest BCUT2D eigenvalue weighted by Gasteiger charge is -2.32. The lowest BCUT2D eigenvalue weighted by molar-refractivity contribution is -0.122. The van der Waals surface area contributed by atoms with Gasteiger partial charge in [-0.25, -0.2) is 18.3 Å². The number of hydrogen-bond acceptors (Lipinski definition) is 6. The molecule has 0 spiro atoms. The molecule has 0 bridgehead atoms. The van der Waals surface area contributed by atoms with E-state index in [9.17, 15) is 18.0 Å². The van der Waals surface area contributed by atoms with E-state index in [2.05, 4.69) is 6.07 Å². The fourth-order valence-corrected chi connectivity index (χ4v) is 8.52. The van der Waals surface area contributed by atoms with Gasteiger partial charge in [-0.3, -0.25) is 9.59 Å². The van der Waals surface area contributed by atoms with Crippen molar-refractivity contribution in [1.29, 1.82) is 0 Å². The predicted molar refractivity (Wildman–Crippen MR) is 153 cm³/mol. The maximum atomic E-state index is 13.8. The van der Waals surface area contributed by atoms with Crippen LogP contribution in [0.2, 0.25) is 5.02 Å². The molecule has 2 fully saturated rings. The van der Waals surface area contributed by atoms with E-state index >= 15 is 0 Å². The zero-order valence-electron chi connectivity index (χ0n) is 21.2. The molecule has 1 saturated heterocycles. The number of rotatable bonds is 6. The highest BCUT2D eigenvalue weighted by atomic mass is 35.5. The van der Waals surface area contributed by atoms with E-state index < -0.39 is 27.9 Å². The number of amides is 2. The van der Waals surface area contributed by atoms with Gasteiger partial charge in [0.2, 0.25) is 15.9 Å². The first-order valence-electron chi connectivity index (χ1n) is 12.9. The van der Waals surface area contributed by atoms with Crippen molar-refractivity contribution in [2.75, 3.05) is 4.90 Å². The molecule has 2 heterocycles. The van der Waals surface area contributed by atoms with Crippen LogP contribution in [0.4, 0.5) is 5.69 Å². The first kappa shape index (κ1) is 26.1. The summed E-state index contributed by atoms with van der Waals surface area (Å²) in [5.41, 5.74) is 3.39. The van der Waals surface area contributed by atoms with E-state index in [1.807, 2.05) is 31.2 Å². The third kappa shape index (κ3) is 4.78. The minimum absolute atomic E-state index is 0.0629. The number of benzene rings is 3. The lowest BCUT2D eigenvalue weighted by atomic mass is 10.1. The molecule has 10 heteroatoms. The van der Waals surface area contributed by atoms with Crippen LogP contribution in [-0.2, 0) is 19.6 Å². The molecule has 1 atom stereocenters. The smallest absolute Gasteiger partial charge is 0.252 e. The number of aryl methyl sites for hydroxylation is 1. The van der Waals surface area contributed by atoms with Crippen molar-refractivity contribution in [2.45, 2.75) is 56.0 Å². The summed E-state index contributed by atoms with van der Waals surface area (Å²) in [5.74, 6) is -0.935. The average Bonchev–Trinajstić information content (AvgIpc) is 3.64. The molecule has 1 unspecified atom stereocenters. The van der Waals surface area contributed by atoms with Gasteiger partial charge in [0, 0.05) is 16.6 Å². The Morgan fingerprint density at radius 2 is 1.67 bits per heavy atom. The van der Waals surface area contributed by atoms with E-state index in [4.69, 9.17) is 16.6 Å². The van der Waals surface area contributed by atoms with E-state index in [-0.39, 0.29) is 17.4 Å². The van der Waals surface area contributed by atoms with Gasteiger partial charge in [0.15, 0.2) is 0 Å². The first-order chi connectivity index (χ1) is 18.7. The maximum Gasteiger partial charge on any atom is 0.252 e. The Morgan fingerprint density at radius 3 is 2.36 bits per heavy atom. The van der Waals surface area contributed by atoms with Crippen molar-refractivity contribution >= 4 is 60.7 Å². The molecule has 39 heavy (non-hydrogen) atoms. The minimum Gasteiger partial charge on any atom is -0.274 e. The molecule has 7 nitrogen and oxygen atoms in total. The number of hydrogen-bond donors (Lipinski definition) is 0. The third-order valence-electron chi connectivity index (χ3n) is 7.42. The number of carbonyl (C=O) groups excluding carboxylic acids is 2. The summed E-state index contributed by atoms with van der Waals surface area (Å²) in [6.07, 6.45) is 2.87. The molecular formula is C29H26ClN3O4S2. The summed E-state index contributed by atoms with van der Waals surface area (Å²) < 4.78 is 30.0. The number of nitrogens with zero attached hydrogens (tertiary/aromatic N) is 3. The van der Waals surface area contributed by atoms with Gasteiger partial charge in [-0.2, -0.15) is 4.31 Å². The molecule has 2 aliphatic rings. The van der Waals surface area contributed by atoms with Gasteiger partial charge in [-0.05, 0) is 86.0 Å². The largest absolute Gasteiger partial charge is 0.274 e. The highest BCUT2D eigenvalue weighted by molar-refractivity contribution is 7.89. The van der Waals surface area contributed by atoms with Gasteiger partial charge in [0.05, 0.1) is 27.2 Å². The van der Waals surface area contributed by atoms with Crippen molar-refractivity contribution in [1.82, 2.24) is 9.29 Å². The molecule has 2 amide bonds. The summed E-state index contributed by atoms with van der Waals surface area (Å²) in [6.45, 7) is 2.04. The Morgan fingerprint density at radius 1 is 0.974 bits per heavy atom. The SMILES string of the molecule is Cc1ccc2nc(-c3ccc(N4C(=O)CC(N(C5CCCC5)S(=O)(=O)c5ccc(Cl)cc5)C4=O)cc3)sc2c1. The number of thiazole rings is 1. The number of carbonyl (C=O) groups is 2. The Balaban J connectivity index is 1.30. The number of sulfonamides is 1. The first-order valence-corrected chi connectivity index (χ1v) is 15.5. The van der Waals surface area contributed by atoms with Crippen LogP contribution < -0.4 is 4.90 Å². The van der Waals surface area contributed by atoms with Gasteiger partial charge in [0.25, 0.3) is 5.91 Å². The third-order valence-corrected chi connectivity index (χ3v) is 10.7. The monoisotopic (exact) mass is 579 g/mol. The molecule has 1 aliphatic heterocycles. The van der Waals surface area contributed by atoms with E-state index in [1.54, 1.807) is 23.5 Å². The molecular weight excluding hydrogens is 554 g/mol. The Bertz CT molecular complexity index is 1680. The van der Waals surface area contributed by atoms with Gasteiger partial charge < -0.3 is 0 Å². The summed E-state index contributed by atoms with van der Waals surface area (Å²) >= 11 is 7.57. The molecule has 1 aliphatic carbocycles. The lowest BCUT2D eigenvalue weighted by Crippen LogP contribution is -2.49. The number of fused-ring (bicyclic) bond motifs is 1. The molecule has 0 N–H and O–H groups in total. The second-order valence-electron chi connectivity index (χ2n) is 10.1. The van der Waals surface area contributed by atoms with Crippen LogP contribution in [0.25, 0.3) is 20.8 Å². The summed E-state index contributed by atoms with van der Waals surface area (Å²) in [4.78, 5) is 32.8. The van der Waals surface area contributed by atoms with Crippen molar-refractivity contribution in [3.8, 4) is 10.6 Å². The average molecular weight is 580 g/mol. The highest BCUT2D eigenvalue weighted by Gasteiger charge is 2.49. The van der Waals surface area contributed by atoms with E-state index in [0.29, 0.717) is 23.6 Å². The second kappa shape index (κ2) is 10.1. The summed E-state index contributed by atoms with van der Waals surface area (Å²) in [7, 11) is -4.04. The highest BCUT2D eigenvalue weighted by Crippen LogP contribution is 2.37. The minimum atomic E-state index is -4.04. The van der Waals surface area contributed by atoms with Crippen LogP contribution in [0.5, 0.6) is 0 Å². The zero-order chi connectivity index (χ0) is 27.3. The summed E-state index contributed by atoms with van der Waals surface area (Å²) in [6, 6.07) is 17.7. The molecule has 0 radical (unpaired) electrons. The predicted octanol–water partition coefficient (Wildman–Crippen LogP) is 6.19. The van der Waals surface area contributed by atoms with Gasteiger partial charge in [-0.1, -0.05) is 30.5 Å². The normalized spacial score (nSPS) is 18.6. The quantitative estimate of drug-likeness (QED) is 0.254. The molecule has 1 aromatic heterocycles. The van der Waals surface area contributed by atoms with Crippen LogP contribution in [0.15, 0.2) is 71.6 Å². The van der Waals surface area contributed by atoms with Crippen molar-refractivity contribution in [2.24, 2.45) is 0 Å². The second-order valence-corrected chi connectivity index (χ2v) is 13.4. The number of imide groups is 1. The summed E-state index contributed by atoms with van der Waals surface area (Å²) in [5, 5.41) is 1.27. The van der Waals surface area contributed by atoms with Crippen LogP contribution >= 0.6 is 22.9 Å².